The molecule has 1 aromatic carbocycles. The third-order valence-corrected chi connectivity index (χ3v) is 6.06. The van der Waals surface area contributed by atoms with Crippen molar-refractivity contribution in [2.75, 3.05) is 19.7 Å². The molecule has 2 fully saturated rings. The number of benzene rings is 1. The molecule has 3 rings (SSSR count). The Balaban J connectivity index is 1.45. The molecule has 6 nitrogen and oxygen atoms in total. The van der Waals surface area contributed by atoms with E-state index in [1.807, 2.05) is 36.1 Å². The molecule has 1 aliphatic heterocycles. The van der Waals surface area contributed by atoms with Gasteiger partial charge in [-0.1, -0.05) is 19.8 Å². The third-order valence-electron chi connectivity index (χ3n) is 5.85. The van der Waals surface area contributed by atoms with E-state index in [0.717, 1.165) is 43.6 Å². The van der Waals surface area contributed by atoms with Crippen LogP contribution >= 0.6 is 12.2 Å². The van der Waals surface area contributed by atoms with Gasteiger partial charge in [0.25, 0.3) is 5.91 Å². The van der Waals surface area contributed by atoms with Gasteiger partial charge in [-0.15, -0.1) is 0 Å². The molecule has 0 unspecified atom stereocenters. The van der Waals surface area contributed by atoms with E-state index in [2.05, 4.69) is 22.8 Å². The van der Waals surface area contributed by atoms with Crippen molar-refractivity contribution in [2.45, 2.75) is 58.4 Å². The van der Waals surface area contributed by atoms with Crippen molar-refractivity contribution in [1.82, 2.24) is 15.6 Å². The molecule has 0 radical (unpaired) electrons. The van der Waals surface area contributed by atoms with Gasteiger partial charge in [0.2, 0.25) is 0 Å². The Morgan fingerprint density at radius 1 is 1.17 bits per heavy atom. The molecule has 158 valence electrons. The van der Waals surface area contributed by atoms with E-state index >= 15 is 0 Å². The number of hydrazone groups is 1. The van der Waals surface area contributed by atoms with E-state index in [-0.39, 0.29) is 12.5 Å². The zero-order valence-electron chi connectivity index (χ0n) is 17.4. The molecule has 1 saturated carbocycles. The number of amides is 1. The average Bonchev–Trinajstić information content (AvgIpc) is 3.27. The first-order valence-corrected chi connectivity index (χ1v) is 11.1. The van der Waals surface area contributed by atoms with E-state index in [9.17, 15) is 4.79 Å². The maximum Gasteiger partial charge on any atom is 0.260 e. The molecule has 2 N–H and O–H groups in total. The number of carbonyl (C=O) groups excluding carboxylic acids is 1. The van der Waals surface area contributed by atoms with Crippen molar-refractivity contribution in [2.24, 2.45) is 11.0 Å². The van der Waals surface area contributed by atoms with Gasteiger partial charge in [0, 0.05) is 19.1 Å². The highest BCUT2D eigenvalue weighted by molar-refractivity contribution is 7.80. The normalized spacial score (nSPS) is 22.3. The minimum atomic E-state index is 0.0572. The van der Waals surface area contributed by atoms with Gasteiger partial charge in [-0.25, -0.2) is 0 Å². The monoisotopic (exact) mass is 416 g/mol. The summed E-state index contributed by atoms with van der Waals surface area (Å²) in [5.41, 5.74) is 4.78. The van der Waals surface area contributed by atoms with Gasteiger partial charge in [0.1, 0.15) is 5.75 Å². The van der Waals surface area contributed by atoms with E-state index in [1.54, 1.807) is 0 Å². The van der Waals surface area contributed by atoms with Crippen LogP contribution in [0, 0.1) is 5.92 Å². The van der Waals surface area contributed by atoms with Crippen LogP contribution in [0.4, 0.5) is 0 Å². The number of hydrogen-bond acceptors (Lipinski definition) is 4. The summed E-state index contributed by atoms with van der Waals surface area (Å²) >= 11 is 5.40. The zero-order valence-corrected chi connectivity index (χ0v) is 18.3. The van der Waals surface area contributed by atoms with Gasteiger partial charge in [0.05, 0.1) is 5.71 Å². The number of ether oxygens (including phenoxy) is 1. The summed E-state index contributed by atoms with van der Waals surface area (Å²) in [7, 11) is 0. The number of carbonyl (C=O) groups is 1. The van der Waals surface area contributed by atoms with Crippen LogP contribution in [0.1, 0.15) is 57.9 Å². The number of nitrogens with zero attached hydrogens (tertiary/aromatic N) is 2. The molecule has 1 aromatic rings. The van der Waals surface area contributed by atoms with Crippen molar-refractivity contribution in [3.63, 3.8) is 0 Å². The minimum Gasteiger partial charge on any atom is -0.484 e. The molecule has 2 atom stereocenters. The maximum atomic E-state index is 12.1. The van der Waals surface area contributed by atoms with Crippen LogP contribution in [0.15, 0.2) is 29.4 Å². The number of thiocarbonyl (C=S) groups is 1. The molecular weight excluding hydrogens is 384 g/mol. The molecule has 1 heterocycles. The van der Waals surface area contributed by atoms with Gasteiger partial charge in [0.15, 0.2) is 11.7 Å². The molecule has 29 heavy (non-hydrogen) atoms. The van der Waals surface area contributed by atoms with E-state index in [1.165, 1.54) is 19.3 Å². The average molecular weight is 417 g/mol. The molecule has 0 aromatic heterocycles. The lowest BCUT2D eigenvalue weighted by atomic mass is 9.86. The Bertz CT molecular complexity index is 729. The first-order valence-electron chi connectivity index (χ1n) is 10.6. The second-order valence-corrected chi connectivity index (χ2v) is 8.46. The van der Waals surface area contributed by atoms with Gasteiger partial charge in [-0.2, -0.15) is 5.10 Å². The summed E-state index contributed by atoms with van der Waals surface area (Å²) in [5.74, 6) is 1.38. The quantitative estimate of drug-likeness (QED) is 0.422. The molecule has 0 bridgehead atoms. The van der Waals surface area contributed by atoms with Crippen LogP contribution in [-0.4, -0.2) is 47.4 Å². The van der Waals surface area contributed by atoms with Crippen molar-refractivity contribution in [3.8, 4) is 5.75 Å². The van der Waals surface area contributed by atoms with Crippen LogP contribution in [-0.2, 0) is 4.79 Å². The summed E-state index contributed by atoms with van der Waals surface area (Å²) < 4.78 is 5.63. The summed E-state index contributed by atoms with van der Waals surface area (Å²) in [6, 6.07) is 8.04. The van der Waals surface area contributed by atoms with Crippen LogP contribution < -0.4 is 15.5 Å². The predicted molar refractivity (Wildman–Crippen MR) is 120 cm³/mol. The minimum absolute atomic E-state index is 0.0572. The highest BCUT2D eigenvalue weighted by Crippen LogP contribution is 2.23. The summed E-state index contributed by atoms with van der Waals surface area (Å²) in [4.78, 5) is 13.9. The first kappa shape index (κ1) is 21.6. The molecule has 7 heteroatoms. The SMILES string of the molecule is C/C(=N/NC(=S)N[C@H]1CCCC[C@H]1C)c1ccc(OCC(=O)N2CCCC2)cc1. The number of likely N-dealkylation sites (tertiary alicyclic amines) is 1. The van der Waals surface area contributed by atoms with Crippen LogP contribution in [0.25, 0.3) is 0 Å². The molecule has 1 saturated heterocycles. The summed E-state index contributed by atoms with van der Waals surface area (Å²) in [6.07, 6.45) is 7.15. The zero-order chi connectivity index (χ0) is 20.6. The second-order valence-electron chi connectivity index (χ2n) is 8.05. The Hall–Kier alpha value is -2.15. The fourth-order valence-corrected chi connectivity index (χ4v) is 4.12. The lowest BCUT2D eigenvalue weighted by Gasteiger charge is -2.30. The number of nitrogens with one attached hydrogen (secondary N) is 2. The van der Waals surface area contributed by atoms with Gasteiger partial charge >= 0.3 is 0 Å². The fourth-order valence-electron chi connectivity index (χ4n) is 3.93. The van der Waals surface area contributed by atoms with Gasteiger partial charge < -0.3 is 15.0 Å². The maximum absolute atomic E-state index is 12.1. The first-order chi connectivity index (χ1) is 14.0. The molecule has 0 spiro atoms. The van der Waals surface area contributed by atoms with Crippen LogP contribution in [0.3, 0.4) is 0 Å². The van der Waals surface area contributed by atoms with Crippen molar-refractivity contribution < 1.29 is 9.53 Å². The highest BCUT2D eigenvalue weighted by atomic mass is 32.1. The highest BCUT2D eigenvalue weighted by Gasteiger charge is 2.21. The Morgan fingerprint density at radius 3 is 2.55 bits per heavy atom. The second kappa shape index (κ2) is 10.6. The topological polar surface area (TPSA) is 66.0 Å². The lowest BCUT2D eigenvalue weighted by Crippen LogP contribution is -2.44. The van der Waals surface area contributed by atoms with Crippen LogP contribution in [0.2, 0.25) is 0 Å². The van der Waals surface area contributed by atoms with Crippen molar-refractivity contribution in [3.05, 3.63) is 29.8 Å². The standard InChI is InChI=1S/C22H32N4O2S/c1-16-7-3-4-8-20(16)23-22(29)25-24-17(2)18-9-11-19(12-10-18)28-15-21(27)26-13-5-6-14-26/h9-12,16,20H,3-8,13-15H2,1-2H3,(H2,23,25,29)/b24-17-/t16-,20+/m1/s1. The fraction of sp³-hybridized carbons (Fsp3) is 0.591. The van der Waals surface area contributed by atoms with Crippen molar-refractivity contribution in [1.29, 1.82) is 0 Å². The molecule has 2 aliphatic rings. The van der Waals surface area contributed by atoms with Gasteiger partial charge in [-0.3, -0.25) is 10.2 Å². The van der Waals surface area contributed by atoms with Crippen LogP contribution in [0.5, 0.6) is 5.75 Å². The largest absolute Gasteiger partial charge is 0.484 e. The Labute approximate surface area is 179 Å². The Kier molecular flexibility index (Phi) is 7.86. The number of rotatable bonds is 6. The van der Waals surface area contributed by atoms with Gasteiger partial charge in [-0.05, 0) is 80.6 Å². The molecule has 1 amide bonds. The summed E-state index contributed by atoms with van der Waals surface area (Å²) in [5, 5.41) is 8.37. The predicted octanol–water partition coefficient (Wildman–Crippen LogP) is 3.45. The van der Waals surface area contributed by atoms with E-state index in [4.69, 9.17) is 17.0 Å². The summed E-state index contributed by atoms with van der Waals surface area (Å²) in [6.45, 7) is 6.00. The van der Waals surface area contributed by atoms with Crippen molar-refractivity contribution >= 4 is 28.9 Å². The van der Waals surface area contributed by atoms with E-state index in [0.29, 0.717) is 22.8 Å². The Morgan fingerprint density at radius 2 is 1.86 bits per heavy atom. The lowest BCUT2D eigenvalue weighted by molar-refractivity contribution is -0.132. The molecular formula is C22H32N4O2S. The number of hydrogen-bond donors (Lipinski definition) is 2. The van der Waals surface area contributed by atoms with E-state index < -0.39 is 0 Å². The molecule has 1 aliphatic carbocycles. The third kappa shape index (κ3) is 6.42. The smallest absolute Gasteiger partial charge is 0.260 e.